The summed E-state index contributed by atoms with van der Waals surface area (Å²) in [6, 6.07) is 10.3. The Labute approximate surface area is 113 Å². The summed E-state index contributed by atoms with van der Waals surface area (Å²) in [6.45, 7) is -0.0405. The average Bonchev–Trinajstić information content (AvgIpc) is 2.43. The number of benzene rings is 2. The minimum absolute atomic E-state index is 0.0321. The second-order valence-electron chi connectivity index (χ2n) is 4.11. The molecule has 0 unspecified atom stereocenters. The van der Waals surface area contributed by atoms with Crippen molar-refractivity contribution >= 4 is 5.69 Å². The third-order valence-electron chi connectivity index (χ3n) is 2.69. The van der Waals surface area contributed by atoms with Gasteiger partial charge in [-0.2, -0.15) is 0 Å². The molecule has 0 radical (unpaired) electrons. The van der Waals surface area contributed by atoms with E-state index in [0.717, 1.165) is 11.8 Å². The fourth-order valence-corrected chi connectivity index (χ4v) is 1.67. The van der Waals surface area contributed by atoms with Gasteiger partial charge >= 0.3 is 0 Å². The molecule has 0 heterocycles. The van der Waals surface area contributed by atoms with Crippen LogP contribution >= 0.6 is 0 Å². The van der Waals surface area contributed by atoms with Gasteiger partial charge in [0.1, 0.15) is 11.6 Å². The Bertz CT molecular complexity index is 573. The van der Waals surface area contributed by atoms with Gasteiger partial charge in [-0.1, -0.05) is 18.2 Å². The molecule has 0 saturated carbocycles. The van der Waals surface area contributed by atoms with Gasteiger partial charge in [0, 0.05) is 17.8 Å². The van der Waals surface area contributed by atoms with Crippen molar-refractivity contribution in [3.05, 3.63) is 65.2 Å². The van der Waals surface area contributed by atoms with Crippen LogP contribution < -0.4 is 10.9 Å². The molecule has 0 aliphatic rings. The van der Waals surface area contributed by atoms with E-state index in [1.807, 2.05) is 18.2 Å². The first-order valence-corrected chi connectivity index (χ1v) is 5.88. The normalized spacial score (nSPS) is 10.8. The Morgan fingerprint density at radius 1 is 0.950 bits per heavy atom. The lowest BCUT2D eigenvalue weighted by Crippen LogP contribution is -2.21. The second kappa shape index (κ2) is 6.38. The molecule has 0 aliphatic carbocycles. The van der Waals surface area contributed by atoms with E-state index in [9.17, 15) is 17.6 Å². The van der Waals surface area contributed by atoms with Crippen LogP contribution in [0, 0.1) is 11.6 Å². The lowest BCUT2D eigenvalue weighted by Gasteiger charge is -2.10. The summed E-state index contributed by atoms with van der Waals surface area (Å²) in [6.07, 6.45) is -3.03. The van der Waals surface area contributed by atoms with Gasteiger partial charge in [-0.3, -0.25) is 0 Å². The zero-order chi connectivity index (χ0) is 14.5. The largest absolute Gasteiger partial charge is 0.321 e. The van der Waals surface area contributed by atoms with Gasteiger partial charge in [0.15, 0.2) is 0 Å². The van der Waals surface area contributed by atoms with Gasteiger partial charge < -0.3 is 5.43 Å². The first-order chi connectivity index (χ1) is 9.58. The summed E-state index contributed by atoms with van der Waals surface area (Å²) in [5, 5.41) is 0. The van der Waals surface area contributed by atoms with E-state index in [1.165, 1.54) is 0 Å². The Balaban J connectivity index is 2.01. The Kier molecular flexibility index (Phi) is 4.57. The highest BCUT2D eigenvalue weighted by atomic mass is 19.3. The van der Waals surface area contributed by atoms with Crippen molar-refractivity contribution in [3.63, 3.8) is 0 Å². The quantitative estimate of drug-likeness (QED) is 0.640. The highest BCUT2D eigenvalue weighted by Gasteiger charge is 2.16. The summed E-state index contributed by atoms with van der Waals surface area (Å²) < 4.78 is 51.6. The van der Waals surface area contributed by atoms with Crippen molar-refractivity contribution in [1.29, 1.82) is 0 Å². The van der Waals surface area contributed by atoms with Gasteiger partial charge in [-0.05, 0) is 24.3 Å². The van der Waals surface area contributed by atoms with Crippen LogP contribution in [0.25, 0.3) is 0 Å². The molecular weight excluding hydrogens is 272 g/mol. The maximum Gasteiger partial charge on any atom is 0.266 e. The third-order valence-corrected chi connectivity index (χ3v) is 2.69. The molecular formula is C14H12F4N2. The summed E-state index contributed by atoms with van der Waals surface area (Å²) in [4.78, 5) is 0. The summed E-state index contributed by atoms with van der Waals surface area (Å²) >= 11 is 0. The van der Waals surface area contributed by atoms with Crippen LogP contribution in [0.15, 0.2) is 42.5 Å². The molecule has 6 heteroatoms. The Morgan fingerprint density at radius 2 is 1.65 bits per heavy atom. The third kappa shape index (κ3) is 3.48. The molecule has 20 heavy (non-hydrogen) atoms. The smallest absolute Gasteiger partial charge is 0.266 e. The van der Waals surface area contributed by atoms with Crippen LogP contribution in [-0.2, 0) is 6.54 Å². The molecule has 2 aromatic rings. The number of anilines is 1. The van der Waals surface area contributed by atoms with E-state index >= 15 is 0 Å². The predicted octanol–water partition coefficient (Wildman–Crippen LogP) is 4.02. The number of hydrogen-bond donors (Lipinski definition) is 2. The van der Waals surface area contributed by atoms with Crippen LogP contribution in [0.1, 0.15) is 17.6 Å². The molecule has 106 valence electrons. The lowest BCUT2D eigenvalue weighted by molar-refractivity contribution is 0.145. The lowest BCUT2D eigenvalue weighted by atomic mass is 10.1. The first-order valence-electron chi connectivity index (χ1n) is 5.88. The maximum absolute atomic E-state index is 13.5. The monoisotopic (exact) mass is 284 g/mol. The topological polar surface area (TPSA) is 24.1 Å². The maximum atomic E-state index is 13.5. The van der Waals surface area contributed by atoms with E-state index in [4.69, 9.17) is 0 Å². The van der Waals surface area contributed by atoms with Crippen LogP contribution in [0.3, 0.4) is 0 Å². The Hall–Kier alpha value is -2.08. The Morgan fingerprint density at radius 3 is 2.30 bits per heavy atom. The van der Waals surface area contributed by atoms with Crippen LogP contribution in [0.5, 0.6) is 0 Å². The summed E-state index contributed by atoms with van der Waals surface area (Å²) in [5.41, 5.74) is 5.27. The molecule has 0 aromatic heterocycles. The standard InChI is InChI=1S/C14H12F4N2/c15-12-7-11(14(17)18)13(16)6-9(12)8-19-20-10-4-2-1-3-5-10/h1-7,14,19-20H,8H2. The second-order valence-corrected chi connectivity index (χ2v) is 4.11. The number of hydrogen-bond acceptors (Lipinski definition) is 2. The van der Waals surface area contributed by atoms with E-state index < -0.39 is 23.6 Å². The molecule has 0 atom stereocenters. The molecule has 2 N–H and O–H groups in total. The van der Waals surface area contributed by atoms with E-state index in [-0.39, 0.29) is 12.1 Å². The number of nitrogens with one attached hydrogen (secondary N) is 2. The van der Waals surface area contributed by atoms with Crippen molar-refractivity contribution in [2.24, 2.45) is 0 Å². The molecule has 2 nitrogen and oxygen atoms in total. The molecule has 2 rings (SSSR count). The van der Waals surface area contributed by atoms with Gasteiger partial charge in [-0.15, -0.1) is 0 Å². The van der Waals surface area contributed by atoms with Crippen molar-refractivity contribution in [2.45, 2.75) is 13.0 Å². The van der Waals surface area contributed by atoms with Crippen LogP contribution in [0.2, 0.25) is 0 Å². The van der Waals surface area contributed by atoms with E-state index in [0.29, 0.717) is 6.07 Å². The number of para-hydroxylation sites is 1. The molecule has 2 aromatic carbocycles. The van der Waals surface area contributed by atoms with Crippen molar-refractivity contribution in [1.82, 2.24) is 5.43 Å². The van der Waals surface area contributed by atoms with Gasteiger partial charge in [0.2, 0.25) is 0 Å². The van der Waals surface area contributed by atoms with E-state index in [2.05, 4.69) is 10.9 Å². The number of rotatable bonds is 5. The molecule has 0 aliphatic heterocycles. The number of hydrazine groups is 1. The van der Waals surface area contributed by atoms with Gasteiger partial charge in [0.25, 0.3) is 6.43 Å². The summed E-state index contributed by atoms with van der Waals surface area (Å²) in [5.74, 6) is -1.98. The minimum atomic E-state index is -3.03. The van der Waals surface area contributed by atoms with Crippen molar-refractivity contribution in [2.75, 3.05) is 5.43 Å². The van der Waals surface area contributed by atoms with Crippen LogP contribution in [0.4, 0.5) is 23.2 Å². The van der Waals surface area contributed by atoms with Crippen molar-refractivity contribution in [3.8, 4) is 0 Å². The number of halogens is 4. The average molecular weight is 284 g/mol. The molecule has 0 saturated heterocycles. The highest BCUT2D eigenvalue weighted by Crippen LogP contribution is 2.24. The SMILES string of the molecule is Fc1cc(C(F)F)c(F)cc1CNNc1ccccc1. The zero-order valence-corrected chi connectivity index (χ0v) is 10.3. The zero-order valence-electron chi connectivity index (χ0n) is 10.3. The fraction of sp³-hybridized carbons (Fsp3) is 0.143. The van der Waals surface area contributed by atoms with Gasteiger partial charge in [0.05, 0.1) is 5.56 Å². The molecule has 0 bridgehead atoms. The first kappa shape index (κ1) is 14.3. The minimum Gasteiger partial charge on any atom is -0.321 e. The fourth-order valence-electron chi connectivity index (χ4n) is 1.67. The predicted molar refractivity (Wildman–Crippen MR) is 68.2 cm³/mol. The molecule has 0 spiro atoms. The number of alkyl halides is 2. The molecule has 0 amide bonds. The highest BCUT2D eigenvalue weighted by molar-refractivity contribution is 5.41. The van der Waals surface area contributed by atoms with Crippen LogP contribution in [-0.4, -0.2) is 0 Å². The summed E-state index contributed by atoms with van der Waals surface area (Å²) in [7, 11) is 0. The molecule has 0 fully saturated rings. The van der Waals surface area contributed by atoms with Gasteiger partial charge in [-0.25, -0.2) is 23.0 Å². The van der Waals surface area contributed by atoms with E-state index in [1.54, 1.807) is 12.1 Å². The van der Waals surface area contributed by atoms with Crippen molar-refractivity contribution < 1.29 is 17.6 Å².